The largest absolute Gasteiger partial charge is 0.490 e. The summed E-state index contributed by atoms with van der Waals surface area (Å²) in [5.41, 5.74) is 10.4. The first-order valence-electron chi connectivity index (χ1n) is 20.6. The smallest absolute Gasteiger partial charge is 0.252 e. The van der Waals surface area contributed by atoms with Crippen molar-refractivity contribution < 1.29 is 14.3 Å². The number of piperazine rings is 1. The first kappa shape index (κ1) is 40.2. The molecule has 2 fully saturated rings. The molecule has 2 bridgehead atoms. The third kappa shape index (κ3) is 8.86. The summed E-state index contributed by atoms with van der Waals surface area (Å²) in [5.74, 6) is 1.37. The van der Waals surface area contributed by atoms with Crippen LogP contribution < -0.4 is 9.47 Å². The van der Waals surface area contributed by atoms with Crippen molar-refractivity contribution in [3.05, 3.63) is 170 Å². The standard InChI is InChI=1S/C50H53Cl2N3O3/c1-33-26-45(51)49(46(52)27-33)58-25-24-57-43-22-18-39(19-23-43)44-28-42-31-53(29-37-13-7-5-8-14-37)32-47(55(42)36(4)38-15-9-6-10-16-38)48(44)50(56)54(41-20-21-41)30-40-17-11-12-34(2)35(40)3/h5-19,22-23,26-27,36,41-42,47H,20-21,24-25,28-32H2,1-4H3/t36-,42-,47-/m1/s1. The van der Waals surface area contributed by atoms with Crippen LogP contribution in [0.1, 0.15) is 71.2 Å². The predicted octanol–water partition coefficient (Wildman–Crippen LogP) is 11.0. The van der Waals surface area contributed by atoms with Gasteiger partial charge in [0.1, 0.15) is 19.0 Å². The van der Waals surface area contributed by atoms with E-state index >= 15 is 4.79 Å². The second kappa shape index (κ2) is 17.7. The highest BCUT2D eigenvalue weighted by Crippen LogP contribution is 2.45. The molecule has 6 nitrogen and oxygen atoms in total. The van der Waals surface area contributed by atoms with E-state index in [0.717, 1.165) is 66.9 Å². The Morgan fingerprint density at radius 1 is 0.810 bits per heavy atom. The van der Waals surface area contributed by atoms with Crippen LogP contribution in [0.25, 0.3) is 5.57 Å². The third-order valence-corrected chi connectivity index (χ3v) is 12.8. The van der Waals surface area contributed by atoms with Gasteiger partial charge in [-0.05, 0) is 116 Å². The van der Waals surface area contributed by atoms with Crippen LogP contribution in [-0.2, 0) is 17.9 Å². The molecule has 3 aliphatic rings. The maximum absolute atomic E-state index is 15.6. The molecule has 0 N–H and O–H groups in total. The second-order valence-corrected chi connectivity index (χ2v) is 17.1. The van der Waals surface area contributed by atoms with E-state index in [1.54, 1.807) is 0 Å². The van der Waals surface area contributed by atoms with Crippen LogP contribution in [0.2, 0.25) is 10.0 Å². The van der Waals surface area contributed by atoms with Crippen LogP contribution in [0.15, 0.2) is 121 Å². The maximum Gasteiger partial charge on any atom is 0.252 e. The first-order chi connectivity index (χ1) is 28.1. The monoisotopic (exact) mass is 813 g/mol. The molecule has 2 aliphatic heterocycles. The van der Waals surface area contributed by atoms with Gasteiger partial charge in [0.15, 0.2) is 5.75 Å². The zero-order chi connectivity index (χ0) is 40.3. The van der Waals surface area contributed by atoms with E-state index in [4.69, 9.17) is 32.7 Å². The number of halogens is 2. The fourth-order valence-electron chi connectivity index (χ4n) is 8.98. The molecular weight excluding hydrogens is 761 g/mol. The van der Waals surface area contributed by atoms with Crippen LogP contribution in [0.5, 0.6) is 11.5 Å². The molecular formula is C50H53Cl2N3O3. The SMILES string of the molecule is Cc1cc(Cl)c(OCCOc2ccc(C3=C(C(=O)N(Cc4cccc(C)c4C)C4CC4)[C@H]4CN(Cc5ccccc5)C[C@@H](C3)N4[C@H](C)c3ccccc3)cc2)c(Cl)c1. The number of fused-ring (bicyclic) bond motifs is 2. The molecule has 0 spiro atoms. The van der Waals surface area contributed by atoms with Gasteiger partial charge in [-0.1, -0.05) is 114 Å². The van der Waals surface area contributed by atoms with Crippen molar-refractivity contribution in [2.24, 2.45) is 0 Å². The number of aryl methyl sites for hydroxylation is 2. The number of ether oxygens (including phenoxy) is 2. The molecule has 1 aliphatic carbocycles. The predicted molar refractivity (Wildman–Crippen MR) is 236 cm³/mol. The number of rotatable bonds is 14. The topological polar surface area (TPSA) is 45.3 Å². The van der Waals surface area contributed by atoms with Gasteiger partial charge < -0.3 is 14.4 Å². The highest BCUT2D eigenvalue weighted by Gasteiger charge is 2.48. The minimum atomic E-state index is -0.0951. The first-order valence-corrected chi connectivity index (χ1v) is 21.4. The highest BCUT2D eigenvalue weighted by molar-refractivity contribution is 6.37. The van der Waals surface area contributed by atoms with E-state index in [0.29, 0.717) is 35.6 Å². The number of amides is 1. The van der Waals surface area contributed by atoms with Gasteiger partial charge in [0, 0.05) is 49.9 Å². The summed E-state index contributed by atoms with van der Waals surface area (Å²) in [6, 6.07) is 40.5. The Kier molecular flexibility index (Phi) is 12.3. The number of benzene rings is 5. The molecule has 1 saturated carbocycles. The van der Waals surface area contributed by atoms with Crippen LogP contribution in [-0.4, -0.2) is 65.0 Å². The molecule has 5 aromatic rings. The van der Waals surface area contributed by atoms with Gasteiger partial charge in [-0.25, -0.2) is 0 Å². The Bertz CT molecular complexity index is 2230. The molecule has 5 aromatic carbocycles. The zero-order valence-corrected chi connectivity index (χ0v) is 35.5. The number of hydrogen-bond donors (Lipinski definition) is 0. The minimum Gasteiger partial charge on any atom is -0.490 e. The molecule has 1 amide bonds. The molecule has 300 valence electrons. The molecule has 3 atom stereocenters. The number of carbonyl (C=O) groups is 1. The van der Waals surface area contributed by atoms with E-state index < -0.39 is 0 Å². The number of nitrogens with zero attached hydrogens (tertiary/aromatic N) is 3. The minimum absolute atomic E-state index is 0.0951. The fraction of sp³-hybridized carbons (Fsp3) is 0.340. The molecule has 0 unspecified atom stereocenters. The normalized spacial score (nSPS) is 18.9. The maximum atomic E-state index is 15.6. The Hall–Kier alpha value is -4.59. The zero-order valence-electron chi connectivity index (χ0n) is 34.0. The lowest BCUT2D eigenvalue weighted by Gasteiger charge is -2.54. The highest BCUT2D eigenvalue weighted by atomic mass is 35.5. The lowest BCUT2D eigenvalue weighted by Crippen LogP contribution is -2.63. The van der Waals surface area contributed by atoms with E-state index in [9.17, 15) is 0 Å². The lowest BCUT2D eigenvalue weighted by molar-refractivity contribution is -0.130. The van der Waals surface area contributed by atoms with Gasteiger partial charge in [0.25, 0.3) is 5.91 Å². The quantitative estimate of drug-likeness (QED) is 0.105. The van der Waals surface area contributed by atoms with Gasteiger partial charge >= 0.3 is 0 Å². The van der Waals surface area contributed by atoms with Crippen molar-refractivity contribution in [2.45, 2.75) is 84.2 Å². The van der Waals surface area contributed by atoms with E-state index in [-0.39, 0.29) is 30.1 Å². The van der Waals surface area contributed by atoms with Crippen LogP contribution >= 0.6 is 23.2 Å². The summed E-state index contributed by atoms with van der Waals surface area (Å²) < 4.78 is 12.0. The summed E-state index contributed by atoms with van der Waals surface area (Å²) in [5, 5.41) is 0.971. The van der Waals surface area contributed by atoms with Crippen molar-refractivity contribution >= 4 is 34.7 Å². The van der Waals surface area contributed by atoms with Gasteiger partial charge in [-0.2, -0.15) is 0 Å². The summed E-state index contributed by atoms with van der Waals surface area (Å²) in [6.07, 6.45) is 2.85. The molecule has 2 heterocycles. The van der Waals surface area contributed by atoms with Gasteiger partial charge in [0.05, 0.1) is 16.1 Å². The van der Waals surface area contributed by atoms with Crippen molar-refractivity contribution in [1.29, 1.82) is 0 Å². The molecule has 0 aromatic heterocycles. The molecule has 58 heavy (non-hydrogen) atoms. The Morgan fingerprint density at radius 2 is 1.48 bits per heavy atom. The summed E-state index contributed by atoms with van der Waals surface area (Å²) in [4.78, 5) is 23.1. The lowest BCUT2D eigenvalue weighted by atomic mass is 9.79. The summed E-state index contributed by atoms with van der Waals surface area (Å²) >= 11 is 12.8. The number of carbonyl (C=O) groups excluding carboxylic acids is 1. The third-order valence-electron chi connectivity index (χ3n) is 12.2. The second-order valence-electron chi connectivity index (χ2n) is 16.3. The van der Waals surface area contributed by atoms with Crippen LogP contribution in [0, 0.1) is 20.8 Å². The van der Waals surface area contributed by atoms with Crippen molar-refractivity contribution in [3.8, 4) is 11.5 Å². The summed E-state index contributed by atoms with van der Waals surface area (Å²) in [6.45, 7) is 12.4. The van der Waals surface area contributed by atoms with E-state index in [1.807, 2.05) is 31.2 Å². The van der Waals surface area contributed by atoms with Gasteiger partial charge in [-0.3, -0.25) is 14.6 Å². The molecule has 0 radical (unpaired) electrons. The summed E-state index contributed by atoms with van der Waals surface area (Å²) in [7, 11) is 0. The van der Waals surface area contributed by atoms with Crippen molar-refractivity contribution in [2.75, 3.05) is 26.3 Å². The Labute approximate surface area is 354 Å². The number of hydrogen-bond acceptors (Lipinski definition) is 5. The van der Waals surface area contributed by atoms with E-state index in [2.05, 4.69) is 126 Å². The van der Waals surface area contributed by atoms with Gasteiger partial charge in [-0.15, -0.1) is 0 Å². The van der Waals surface area contributed by atoms with E-state index in [1.165, 1.54) is 27.8 Å². The average molecular weight is 815 g/mol. The van der Waals surface area contributed by atoms with Gasteiger partial charge in [0.2, 0.25) is 0 Å². The van der Waals surface area contributed by atoms with Crippen LogP contribution in [0.3, 0.4) is 0 Å². The molecule has 8 rings (SSSR count). The van der Waals surface area contributed by atoms with Crippen molar-refractivity contribution in [1.82, 2.24) is 14.7 Å². The Morgan fingerprint density at radius 3 is 2.17 bits per heavy atom. The fourth-order valence-corrected chi connectivity index (χ4v) is 9.68. The Balaban J connectivity index is 1.14. The van der Waals surface area contributed by atoms with Crippen LogP contribution in [0.4, 0.5) is 0 Å². The average Bonchev–Trinajstić information content (AvgIpc) is 4.06. The molecule has 8 heteroatoms. The molecule has 1 saturated heterocycles. The van der Waals surface area contributed by atoms with Crippen molar-refractivity contribution in [3.63, 3.8) is 0 Å².